The van der Waals surface area contributed by atoms with E-state index >= 15 is 0 Å². The second-order valence-corrected chi connectivity index (χ2v) is 8.14. The van der Waals surface area contributed by atoms with Crippen LogP contribution in [-0.4, -0.2) is 54.6 Å². The maximum absolute atomic E-state index is 14.2. The lowest BCUT2D eigenvalue weighted by Gasteiger charge is -2.13. The monoisotopic (exact) mass is 460 g/mol. The van der Waals surface area contributed by atoms with E-state index in [0.717, 1.165) is 18.9 Å². The maximum Gasteiger partial charge on any atom is 0.279 e. The zero-order chi connectivity index (χ0) is 22.8. The standard InChI is InChI=1S/C18H19F3N4O5S/c1-10(8-26)11-3-4-25-15(5-11)22-7-16(25)31(27,28)24-13-6-12(19)17(23-18(13)29-2)30-9-14(20)21/h3-7,10,14,24,26H,8-9H2,1-2H3. The molecule has 0 saturated carbocycles. The molecule has 0 saturated heterocycles. The number of rotatable bonds is 9. The number of hydrogen-bond acceptors (Lipinski definition) is 7. The predicted molar refractivity (Wildman–Crippen MR) is 104 cm³/mol. The Kier molecular flexibility index (Phi) is 6.55. The number of aliphatic hydroxyl groups excluding tert-OH is 1. The highest BCUT2D eigenvalue weighted by Gasteiger charge is 2.24. The van der Waals surface area contributed by atoms with Gasteiger partial charge in [-0.25, -0.2) is 18.2 Å². The fourth-order valence-corrected chi connectivity index (χ4v) is 3.85. The topological polar surface area (TPSA) is 115 Å². The fourth-order valence-electron chi connectivity index (χ4n) is 2.71. The van der Waals surface area contributed by atoms with Crippen LogP contribution in [0.25, 0.3) is 5.65 Å². The van der Waals surface area contributed by atoms with Crippen molar-refractivity contribution in [3.8, 4) is 11.8 Å². The Hall–Kier alpha value is -3.06. The van der Waals surface area contributed by atoms with Crippen molar-refractivity contribution in [3.63, 3.8) is 0 Å². The van der Waals surface area contributed by atoms with Crippen LogP contribution in [0.15, 0.2) is 35.6 Å². The minimum Gasteiger partial charge on any atom is -0.479 e. The highest BCUT2D eigenvalue weighted by atomic mass is 32.2. The summed E-state index contributed by atoms with van der Waals surface area (Å²) >= 11 is 0. The van der Waals surface area contributed by atoms with Crippen molar-refractivity contribution in [3.05, 3.63) is 42.0 Å². The first-order valence-electron chi connectivity index (χ1n) is 8.92. The van der Waals surface area contributed by atoms with Gasteiger partial charge >= 0.3 is 0 Å². The van der Waals surface area contributed by atoms with Crippen molar-refractivity contribution in [2.24, 2.45) is 0 Å². The number of sulfonamides is 1. The molecule has 0 radical (unpaired) electrons. The van der Waals surface area contributed by atoms with Gasteiger partial charge in [-0.3, -0.25) is 9.12 Å². The number of halogens is 3. The van der Waals surface area contributed by atoms with Crippen LogP contribution in [0.5, 0.6) is 11.8 Å². The lowest BCUT2D eigenvalue weighted by Crippen LogP contribution is -2.17. The molecule has 3 rings (SSSR count). The summed E-state index contributed by atoms with van der Waals surface area (Å²) in [5, 5.41) is 9.04. The Labute approximate surface area is 175 Å². The minimum absolute atomic E-state index is 0.0843. The van der Waals surface area contributed by atoms with E-state index in [1.807, 2.05) is 0 Å². The highest BCUT2D eigenvalue weighted by Crippen LogP contribution is 2.30. The molecule has 3 aromatic rings. The number of imidazole rings is 1. The molecule has 0 aliphatic heterocycles. The van der Waals surface area contributed by atoms with Gasteiger partial charge in [0.05, 0.1) is 13.3 Å². The Morgan fingerprint density at radius 3 is 2.68 bits per heavy atom. The number of nitrogens with one attached hydrogen (secondary N) is 1. The molecule has 0 aliphatic carbocycles. The second kappa shape index (κ2) is 8.98. The van der Waals surface area contributed by atoms with Crippen molar-refractivity contribution in [2.75, 3.05) is 25.0 Å². The molecular formula is C18H19F3N4O5S. The number of aromatic nitrogens is 3. The highest BCUT2D eigenvalue weighted by molar-refractivity contribution is 7.92. The van der Waals surface area contributed by atoms with E-state index in [2.05, 4.69) is 19.4 Å². The Balaban J connectivity index is 1.94. The first-order chi connectivity index (χ1) is 14.7. The van der Waals surface area contributed by atoms with Crippen molar-refractivity contribution < 1.29 is 36.2 Å². The number of nitrogens with zero attached hydrogens (tertiary/aromatic N) is 3. The molecule has 3 aromatic heterocycles. The van der Waals surface area contributed by atoms with Crippen LogP contribution in [0, 0.1) is 5.82 Å². The van der Waals surface area contributed by atoms with Crippen LogP contribution >= 0.6 is 0 Å². The molecule has 31 heavy (non-hydrogen) atoms. The molecule has 0 bridgehead atoms. The van der Waals surface area contributed by atoms with Crippen molar-refractivity contribution in [2.45, 2.75) is 24.3 Å². The molecule has 0 spiro atoms. The largest absolute Gasteiger partial charge is 0.479 e. The molecule has 1 unspecified atom stereocenters. The van der Waals surface area contributed by atoms with Crippen LogP contribution in [0.4, 0.5) is 18.9 Å². The summed E-state index contributed by atoms with van der Waals surface area (Å²) in [6, 6.07) is 4.00. The van der Waals surface area contributed by atoms with Crippen LogP contribution in [0.2, 0.25) is 0 Å². The van der Waals surface area contributed by atoms with Crippen LogP contribution < -0.4 is 14.2 Å². The van der Waals surface area contributed by atoms with Crippen molar-refractivity contribution in [1.82, 2.24) is 14.4 Å². The Morgan fingerprint density at radius 1 is 1.29 bits per heavy atom. The third kappa shape index (κ3) is 4.82. The smallest absolute Gasteiger partial charge is 0.279 e. The molecule has 168 valence electrons. The number of pyridine rings is 2. The van der Waals surface area contributed by atoms with Gasteiger partial charge in [0.2, 0.25) is 5.88 Å². The van der Waals surface area contributed by atoms with Gasteiger partial charge in [-0.1, -0.05) is 6.92 Å². The number of anilines is 1. The summed E-state index contributed by atoms with van der Waals surface area (Å²) in [5.41, 5.74) is 0.736. The number of alkyl halides is 2. The van der Waals surface area contributed by atoms with Crippen molar-refractivity contribution in [1.29, 1.82) is 0 Å². The van der Waals surface area contributed by atoms with Crippen LogP contribution in [-0.2, 0) is 10.0 Å². The Morgan fingerprint density at radius 2 is 2.03 bits per heavy atom. The zero-order valence-corrected chi connectivity index (χ0v) is 17.2. The normalized spacial score (nSPS) is 12.9. The molecule has 0 amide bonds. The number of ether oxygens (including phenoxy) is 2. The Bertz CT molecular complexity index is 1190. The van der Waals surface area contributed by atoms with E-state index in [1.165, 1.54) is 10.6 Å². The predicted octanol–water partition coefficient (Wildman–Crippen LogP) is 2.42. The maximum atomic E-state index is 14.2. The van der Waals surface area contributed by atoms with Gasteiger partial charge in [0.15, 0.2) is 17.5 Å². The van der Waals surface area contributed by atoms with E-state index in [-0.39, 0.29) is 29.1 Å². The molecule has 0 aromatic carbocycles. The summed E-state index contributed by atoms with van der Waals surface area (Å²) in [6.45, 7) is 0.631. The third-order valence-corrected chi connectivity index (χ3v) is 5.66. The van der Waals surface area contributed by atoms with E-state index in [9.17, 15) is 26.7 Å². The quantitative estimate of drug-likeness (QED) is 0.504. The molecule has 9 nitrogen and oxygen atoms in total. The van der Waals surface area contributed by atoms with E-state index in [4.69, 9.17) is 4.74 Å². The SMILES string of the molecule is COc1nc(OCC(F)F)c(F)cc1NS(=O)(=O)c1cnc2cc(C(C)CO)ccn12. The van der Waals surface area contributed by atoms with Gasteiger partial charge in [0.25, 0.3) is 22.3 Å². The van der Waals surface area contributed by atoms with Gasteiger partial charge in [0, 0.05) is 24.8 Å². The second-order valence-electron chi connectivity index (χ2n) is 6.51. The number of fused-ring (bicyclic) bond motifs is 1. The van der Waals surface area contributed by atoms with Gasteiger partial charge in [-0.2, -0.15) is 13.4 Å². The molecule has 0 fully saturated rings. The lowest BCUT2D eigenvalue weighted by molar-refractivity contribution is 0.0770. The third-order valence-electron chi connectivity index (χ3n) is 4.31. The van der Waals surface area contributed by atoms with E-state index in [1.54, 1.807) is 19.1 Å². The molecule has 3 heterocycles. The summed E-state index contributed by atoms with van der Waals surface area (Å²) < 4.78 is 77.5. The van der Waals surface area contributed by atoms with Gasteiger partial charge < -0.3 is 14.6 Å². The molecule has 2 N–H and O–H groups in total. The summed E-state index contributed by atoms with van der Waals surface area (Å²) in [5.74, 6) is -2.44. The average molecular weight is 460 g/mol. The van der Waals surface area contributed by atoms with Crippen LogP contribution in [0.1, 0.15) is 18.4 Å². The summed E-state index contributed by atoms with van der Waals surface area (Å²) in [4.78, 5) is 7.67. The lowest BCUT2D eigenvalue weighted by atomic mass is 10.0. The fraction of sp³-hybridized carbons (Fsp3) is 0.333. The zero-order valence-electron chi connectivity index (χ0n) is 16.4. The average Bonchev–Trinajstić information content (AvgIpc) is 3.16. The van der Waals surface area contributed by atoms with E-state index < -0.39 is 34.8 Å². The summed E-state index contributed by atoms with van der Waals surface area (Å²) in [7, 11) is -3.12. The van der Waals surface area contributed by atoms with Crippen molar-refractivity contribution >= 4 is 21.4 Å². The summed E-state index contributed by atoms with van der Waals surface area (Å²) in [6.07, 6.45) is -0.252. The molecular weight excluding hydrogens is 441 g/mol. The first-order valence-corrected chi connectivity index (χ1v) is 10.4. The van der Waals surface area contributed by atoms with E-state index in [0.29, 0.717) is 11.7 Å². The minimum atomic E-state index is -4.27. The molecule has 13 heteroatoms. The first kappa shape index (κ1) is 22.6. The number of aliphatic hydroxyl groups is 1. The molecule has 1 atom stereocenters. The number of hydrogen-bond donors (Lipinski definition) is 2. The van der Waals surface area contributed by atoms with Gasteiger partial charge in [-0.05, 0) is 17.7 Å². The van der Waals surface area contributed by atoms with Crippen LogP contribution in [0.3, 0.4) is 0 Å². The molecule has 0 aliphatic rings. The van der Waals surface area contributed by atoms with Gasteiger partial charge in [-0.15, -0.1) is 0 Å². The number of methoxy groups -OCH3 is 1. The van der Waals surface area contributed by atoms with Gasteiger partial charge in [0.1, 0.15) is 11.3 Å².